The molecule has 3 aromatic heterocycles. The van der Waals surface area contributed by atoms with Gasteiger partial charge in [0, 0.05) is 35.0 Å². The van der Waals surface area contributed by atoms with Crippen molar-refractivity contribution in [2.24, 2.45) is 11.8 Å². The molecule has 2 aromatic carbocycles. The number of aromatic nitrogens is 4. The Balaban J connectivity index is 1.24. The van der Waals surface area contributed by atoms with Gasteiger partial charge in [0.25, 0.3) is 0 Å². The summed E-state index contributed by atoms with van der Waals surface area (Å²) < 4.78 is 24.0. The molecule has 4 unspecified atom stereocenters. The lowest BCUT2D eigenvalue weighted by Gasteiger charge is -2.19. The Morgan fingerprint density at radius 3 is 1.27 bits per heavy atom. The minimum Gasteiger partial charge on any atom is -0.481 e. The number of nitrogens with zero attached hydrogens (tertiary/aromatic N) is 2. The quantitative estimate of drug-likeness (QED) is 0.0609. The van der Waals surface area contributed by atoms with Gasteiger partial charge >= 0.3 is 11.9 Å². The van der Waals surface area contributed by atoms with E-state index >= 15 is 0 Å². The normalized spacial score (nSPS) is 14.0. The number of carboxylic acid groups (broad SMARTS) is 2. The van der Waals surface area contributed by atoms with Crippen LogP contribution >= 0.6 is 23.2 Å². The van der Waals surface area contributed by atoms with Crippen LogP contribution in [0.2, 0.25) is 10.0 Å². The van der Waals surface area contributed by atoms with Gasteiger partial charge in [0.05, 0.1) is 68.9 Å². The molecule has 4 N–H and O–H groups in total. The highest BCUT2D eigenvalue weighted by molar-refractivity contribution is 6.36. The highest BCUT2D eigenvalue weighted by atomic mass is 35.5. The van der Waals surface area contributed by atoms with E-state index in [0.717, 1.165) is 33.3 Å². The third-order valence-corrected chi connectivity index (χ3v) is 11.5. The van der Waals surface area contributed by atoms with Crippen LogP contribution in [0.4, 0.5) is 0 Å². The predicted molar refractivity (Wildman–Crippen MR) is 244 cm³/mol. The summed E-state index contributed by atoms with van der Waals surface area (Å²) in [5.74, 6) is -1.51. The maximum Gasteiger partial charge on any atom is 0.306 e. The number of fused-ring (bicyclic) bond motifs is 8. The lowest BCUT2D eigenvalue weighted by Crippen LogP contribution is -2.22. The molecule has 322 valence electrons. The van der Waals surface area contributed by atoms with E-state index < -0.39 is 36.4 Å². The highest BCUT2D eigenvalue weighted by Gasteiger charge is 2.19. The molecule has 0 fully saturated rings. The summed E-state index contributed by atoms with van der Waals surface area (Å²) in [5.41, 5.74) is 8.78. The fraction of sp³-hybridized carbons (Fsp3) is 0.292. The largest absolute Gasteiger partial charge is 0.481 e. The molecule has 5 aromatic rings. The SMILES string of the molecule is CCC(OCCC(C)C(=O)O)Oc1ccc(-c2c3nc(c(Cl)c4ccc([nH]4)c(-c4ccc(OC(CC)OCCC(C)C(=O)O)cc4)c4nc(c(Cl)c5ccc2[nH]5)C=C4)C=C3)cc1. The van der Waals surface area contributed by atoms with E-state index in [1.54, 1.807) is 13.8 Å². The third-order valence-electron chi connectivity index (χ3n) is 10.7. The van der Waals surface area contributed by atoms with Crippen molar-refractivity contribution in [2.45, 2.75) is 66.0 Å². The average Bonchev–Trinajstić information content (AvgIpc) is 4.12. The number of halogens is 2. The fourth-order valence-electron chi connectivity index (χ4n) is 6.92. The molecule has 5 heterocycles. The molecule has 0 aliphatic carbocycles. The number of carboxylic acids is 2. The van der Waals surface area contributed by atoms with Gasteiger partial charge in [0.2, 0.25) is 0 Å². The van der Waals surface area contributed by atoms with Crippen LogP contribution in [0.25, 0.3) is 68.6 Å². The second-order valence-electron chi connectivity index (χ2n) is 15.1. The van der Waals surface area contributed by atoms with Crippen molar-refractivity contribution in [3.8, 4) is 33.8 Å². The maximum absolute atomic E-state index is 11.2. The zero-order valence-electron chi connectivity index (χ0n) is 34.8. The van der Waals surface area contributed by atoms with E-state index in [4.69, 9.17) is 52.1 Å². The molecule has 0 spiro atoms. The molecule has 8 bridgehead atoms. The number of H-pyrrole nitrogens is 2. The van der Waals surface area contributed by atoms with Crippen LogP contribution in [0.3, 0.4) is 0 Å². The Morgan fingerprint density at radius 1 is 0.565 bits per heavy atom. The van der Waals surface area contributed by atoms with Crippen molar-refractivity contribution >= 4 is 81.5 Å². The second-order valence-corrected chi connectivity index (χ2v) is 15.9. The van der Waals surface area contributed by atoms with Gasteiger partial charge in [-0.2, -0.15) is 0 Å². The summed E-state index contributed by atoms with van der Waals surface area (Å²) >= 11 is 14.2. The van der Waals surface area contributed by atoms with E-state index in [0.29, 0.717) is 81.0 Å². The first-order valence-corrected chi connectivity index (χ1v) is 21.4. The van der Waals surface area contributed by atoms with Crippen LogP contribution in [0.15, 0.2) is 72.8 Å². The minimum atomic E-state index is -0.855. The zero-order chi connectivity index (χ0) is 43.9. The van der Waals surface area contributed by atoms with Gasteiger partial charge in [-0.15, -0.1) is 0 Å². The van der Waals surface area contributed by atoms with Gasteiger partial charge in [-0.3, -0.25) is 9.59 Å². The fourth-order valence-corrected chi connectivity index (χ4v) is 7.35. The van der Waals surface area contributed by atoms with Crippen LogP contribution in [0.5, 0.6) is 11.5 Å². The Morgan fingerprint density at radius 2 is 0.919 bits per heavy atom. The molecule has 0 amide bonds. The molecular formula is C48H48Cl2N4O8. The van der Waals surface area contributed by atoms with Gasteiger partial charge in [-0.05, 0) is 96.8 Å². The number of rotatable bonds is 18. The molecule has 14 heteroatoms. The first kappa shape index (κ1) is 44.1. The Hall–Kier alpha value is -5.92. The number of hydrogen-bond donors (Lipinski definition) is 4. The van der Waals surface area contributed by atoms with Crippen LogP contribution in [-0.2, 0) is 19.1 Å². The third kappa shape index (κ3) is 10.2. The molecule has 0 saturated heterocycles. The number of benzene rings is 2. The van der Waals surface area contributed by atoms with Gasteiger partial charge in [0.1, 0.15) is 11.5 Å². The Labute approximate surface area is 369 Å². The number of hydrogen-bond acceptors (Lipinski definition) is 8. The van der Waals surface area contributed by atoms with Crippen LogP contribution in [0.1, 0.15) is 76.2 Å². The highest BCUT2D eigenvalue weighted by Crippen LogP contribution is 2.37. The first-order valence-electron chi connectivity index (χ1n) is 20.6. The summed E-state index contributed by atoms with van der Waals surface area (Å²) in [7, 11) is 0. The molecular weight excluding hydrogens is 831 g/mol. The van der Waals surface area contributed by atoms with Gasteiger partial charge < -0.3 is 39.1 Å². The molecule has 2 aliphatic heterocycles. The first-order chi connectivity index (χ1) is 29.9. The zero-order valence-corrected chi connectivity index (χ0v) is 36.3. The molecule has 0 saturated carbocycles. The second kappa shape index (κ2) is 19.9. The van der Waals surface area contributed by atoms with E-state index in [2.05, 4.69) is 9.97 Å². The molecule has 12 nitrogen and oxygen atoms in total. The molecule has 62 heavy (non-hydrogen) atoms. The number of carbonyl (C=O) groups is 2. The van der Waals surface area contributed by atoms with E-state index in [-0.39, 0.29) is 13.2 Å². The van der Waals surface area contributed by atoms with Gasteiger partial charge in [-0.1, -0.05) is 75.2 Å². The summed E-state index contributed by atoms with van der Waals surface area (Å²) in [6.07, 6.45) is 8.52. The molecule has 7 rings (SSSR count). The van der Waals surface area contributed by atoms with Crippen molar-refractivity contribution in [3.05, 3.63) is 106 Å². The van der Waals surface area contributed by atoms with E-state index in [1.807, 2.05) is 111 Å². The van der Waals surface area contributed by atoms with Crippen LogP contribution in [-0.4, -0.2) is 67.9 Å². The monoisotopic (exact) mass is 878 g/mol. The van der Waals surface area contributed by atoms with Crippen molar-refractivity contribution in [1.82, 2.24) is 19.9 Å². The van der Waals surface area contributed by atoms with Gasteiger partial charge in [0.15, 0.2) is 12.6 Å². The number of ether oxygens (including phenoxy) is 4. The number of nitrogens with one attached hydrogen (secondary N) is 2. The lowest BCUT2D eigenvalue weighted by molar-refractivity contribution is -0.143. The average molecular weight is 880 g/mol. The Kier molecular flexibility index (Phi) is 14.1. The van der Waals surface area contributed by atoms with Gasteiger partial charge in [-0.25, -0.2) is 9.97 Å². The summed E-state index contributed by atoms with van der Waals surface area (Å²) in [6, 6.07) is 23.0. The van der Waals surface area contributed by atoms with Crippen molar-refractivity contribution < 1.29 is 38.7 Å². The number of aliphatic carboxylic acids is 2. The van der Waals surface area contributed by atoms with E-state index in [9.17, 15) is 19.8 Å². The molecule has 4 atom stereocenters. The topological polar surface area (TPSA) is 169 Å². The lowest BCUT2D eigenvalue weighted by atomic mass is 10.0. The number of aromatic amines is 2. The smallest absolute Gasteiger partial charge is 0.306 e. The maximum atomic E-state index is 11.2. The van der Waals surface area contributed by atoms with E-state index in [1.165, 1.54) is 0 Å². The molecule has 0 radical (unpaired) electrons. The van der Waals surface area contributed by atoms with Crippen molar-refractivity contribution in [3.63, 3.8) is 0 Å². The van der Waals surface area contributed by atoms with Crippen molar-refractivity contribution in [1.29, 1.82) is 0 Å². The summed E-state index contributed by atoms with van der Waals surface area (Å²) in [6.45, 7) is 7.75. The summed E-state index contributed by atoms with van der Waals surface area (Å²) in [4.78, 5) is 39.5. The Bertz CT molecular complexity index is 2470. The standard InChI is InChI=1S/C48H48Cl2N4O8/c1-5-41(59-25-23-27(3)47(55)56)61-31-11-7-29(8-12-31)43-33-15-19-37(51-33)45(49)39-21-17-35(53-39)44(36-18-22-40(54-36)46(50)38-20-16-34(43)52-38)30-9-13-32(14-10-30)62-42(6-2)60-26-24-28(4)48(57)58/h7-22,27-28,41-42,51,54H,5-6,23-26H2,1-4H3,(H,55,56)(H,57,58). The van der Waals surface area contributed by atoms with Crippen molar-refractivity contribution in [2.75, 3.05) is 13.2 Å². The van der Waals surface area contributed by atoms with Crippen LogP contribution < -0.4 is 9.47 Å². The minimum absolute atomic E-state index is 0.271. The predicted octanol–water partition coefficient (Wildman–Crippen LogP) is 11.8. The van der Waals surface area contributed by atoms with Crippen LogP contribution in [0, 0.1) is 11.8 Å². The summed E-state index contributed by atoms with van der Waals surface area (Å²) in [5, 5.41) is 19.3. The molecule has 2 aliphatic rings.